The number of carboxylic acids is 2. The van der Waals surface area contributed by atoms with Crippen molar-refractivity contribution in [3.63, 3.8) is 0 Å². The average molecular weight is 327 g/mol. The molecule has 0 rings (SSSR count). The summed E-state index contributed by atoms with van der Waals surface area (Å²) in [5.74, 6) is -2.43. The first-order chi connectivity index (χ1) is 9.70. The fourth-order valence-electron chi connectivity index (χ4n) is 2.85. The highest BCUT2D eigenvalue weighted by atomic mass is 24.3. The standard InChI is InChI=1S/C17H32O4.Mg.2H/c1-5-6-7-8-9-10-11-12-13-17(14(18)19,15(20)21)16(2,3)4;;;/h5-13H2,1-4H3,(H,18,19)(H,20,21);;;. The molecule has 22 heavy (non-hydrogen) atoms. The second-order valence-electron chi connectivity index (χ2n) is 6.99. The maximum absolute atomic E-state index is 11.6. The van der Waals surface area contributed by atoms with Crippen LogP contribution >= 0.6 is 0 Å². The van der Waals surface area contributed by atoms with Gasteiger partial charge in [-0.05, 0) is 11.8 Å². The smallest absolute Gasteiger partial charge is 0.321 e. The molecule has 0 bridgehead atoms. The fourth-order valence-corrected chi connectivity index (χ4v) is 2.85. The Morgan fingerprint density at radius 1 is 0.773 bits per heavy atom. The Labute approximate surface area is 151 Å². The van der Waals surface area contributed by atoms with Crippen molar-refractivity contribution < 1.29 is 19.8 Å². The van der Waals surface area contributed by atoms with Crippen molar-refractivity contribution in [3.05, 3.63) is 0 Å². The van der Waals surface area contributed by atoms with Gasteiger partial charge in [-0.2, -0.15) is 0 Å². The minimum Gasteiger partial charge on any atom is -0.480 e. The summed E-state index contributed by atoms with van der Waals surface area (Å²) in [5, 5.41) is 18.9. The van der Waals surface area contributed by atoms with E-state index in [9.17, 15) is 19.8 Å². The summed E-state index contributed by atoms with van der Waals surface area (Å²) < 4.78 is 0. The number of rotatable bonds is 11. The Morgan fingerprint density at radius 2 is 1.14 bits per heavy atom. The summed E-state index contributed by atoms with van der Waals surface area (Å²) in [6.07, 6.45) is 8.95. The van der Waals surface area contributed by atoms with Crippen molar-refractivity contribution in [1.29, 1.82) is 0 Å². The summed E-state index contributed by atoms with van der Waals surface area (Å²) >= 11 is 0. The summed E-state index contributed by atoms with van der Waals surface area (Å²) in [6.45, 7) is 7.27. The molecule has 2 N–H and O–H groups in total. The Kier molecular flexibility index (Phi) is 12.3. The zero-order valence-electron chi connectivity index (χ0n) is 14.1. The molecule has 0 saturated carbocycles. The van der Waals surface area contributed by atoms with Crippen LogP contribution < -0.4 is 0 Å². The Hall–Kier alpha value is -0.294. The van der Waals surface area contributed by atoms with E-state index >= 15 is 0 Å². The van der Waals surface area contributed by atoms with Crippen LogP contribution in [0, 0.1) is 10.8 Å². The van der Waals surface area contributed by atoms with E-state index in [4.69, 9.17) is 0 Å². The van der Waals surface area contributed by atoms with Crippen LogP contribution in [0.1, 0.15) is 85.5 Å². The Balaban J connectivity index is 0. The summed E-state index contributed by atoms with van der Waals surface area (Å²) in [7, 11) is 0. The Morgan fingerprint density at radius 3 is 1.45 bits per heavy atom. The molecule has 0 aromatic rings. The summed E-state index contributed by atoms with van der Waals surface area (Å²) in [6, 6.07) is 0. The molecule has 0 saturated heterocycles. The van der Waals surface area contributed by atoms with E-state index in [1.54, 1.807) is 20.8 Å². The van der Waals surface area contributed by atoms with Gasteiger partial charge in [-0.15, -0.1) is 0 Å². The van der Waals surface area contributed by atoms with Gasteiger partial charge in [0.05, 0.1) is 0 Å². The zero-order valence-corrected chi connectivity index (χ0v) is 14.1. The van der Waals surface area contributed by atoms with Gasteiger partial charge >= 0.3 is 35.0 Å². The van der Waals surface area contributed by atoms with Crippen LogP contribution in [0.2, 0.25) is 0 Å². The molecule has 4 nitrogen and oxygen atoms in total. The van der Waals surface area contributed by atoms with Crippen molar-refractivity contribution in [3.8, 4) is 0 Å². The number of carbonyl (C=O) groups is 2. The van der Waals surface area contributed by atoms with E-state index in [0.29, 0.717) is 6.42 Å². The highest BCUT2D eigenvalue weighted by molar-refractivity contribution is 5.99. The third-order valence-electron chi connectivity index (χ3n) is 4.42. The topological polar surface area (TPSA) is 74.6 Å². The van der Waals surface area contributed by atoms with Gasteiger partial charge in [-0.3, -0.25) is 9.59 Å². The summed E-state index contributed by atoms with van der Waals surface area (Å²) in [4.78, 5) is 23.1. The quantitative estimate of drug-likeness (QED) is 0.344. The normalized spacial score (nSPS) is 11.8. The van der Waals surface area contributed by atoms with E-state index in [1.807, 2.05) is 0 Å². The SMILES string of the molecule is CCCCCCCCCCC(C(=O)O)(C(=O)O)C(C)(C)C.[MgH2]. The van der Waals surface area contributed by atoms with Crippen LogP contribution in [0.5, 0.6) is 0 Å². The lowest BCUT2D eigenvalue weighted by molar-refractivity contribution is -0.174. The van der Waals surface area contributed by atoms with Crippen LogP contribution in [0.15, 0.2) is 0 Å². The molecule has 0 unspecified atom stereocenters. The first-order valence-corrected chi connectivity index (χ1v) is 8.17. The minimum atomic E-state index is -1.69. The monoisotopic (exact) mass is 326 g/mol. The molecular weight excluding hydrogens is 292 g/mol. The second-order valence-corrected chi connectivity index (χ2v) is 6.99. The van der Waals surface area contributed by atoms with Crippen molar-refractivity contribution >= 4 is 35.0 Å². The molecule has 0 fully saturated rings. The molecule has 0 radical (unpaired) electrons. The minimum absolute atomic E-state index is 0. The van der Waals surface area contributed by atoms with Crippen molar-refractivity contribution in [2.45, 2.75) is 85.5 Å². The van der Waals surface area contributed by atoms with E-state index in [0.717, 1.165) is 19.3 Å². The lowest BCUT2D eigenvalue weighted by atomic mass is 9.64. The molecule has 128 valence electrons. The predicted molar refractivity (Wildman–Crippen MR) is 92.9 cm³/mol. The van der Waals surface area contributed by atoms with Gasteiger partial charge in [-0.1, -0.05) is 79.1 Å². The number of carboxylic acid groups (broad SMARTS) is 2. The first kappa shape index (κ1) is 24.0. The van der Waals surface area contributed by atoms with Crippen LogP contribution in [0.25, 0.3) is 0 Å². The highest BCUT2D eigenvalue weighted by Crippen LogP contribution is 2.43. The molecule has 0 aromatic heterocycles. The highest BCUT2D eigenvalue weighted by Gasteiger charge is 2.54. The van der Waals surface area contributed by atoms with Gasteiger partial charge in [0.15, 0.2) is 5.41 Å². The molecule has 0 amide bonds. The third-order valence-corrected chi connectivity index (χ3v) is 4.42. The van der Waals surface area contributed by atoms with Crippen LogP contribution in [0.4, 0.5) is 0 Å². The van der Waals surface area contributed by atoms with Crippen molar-refractivity contribution in [1.82, 2.24) is 0 Å². The molecule has 0 aliphatic carbocycles. The number of unbranched alkanes of at least 4 members (excludes halogenated alkanes) is 7. The van der Waals surface area contributed by atoms with Crippen LogP contribution in [0.3, 0.4) is 0 Å². The van der Waals surface area contributed by atoms with E-state index < -0.39 is 22.8 Å². The van der Waals surface area contributed by atoms with Gasteiger partial charge in [0, 0.05) is 0 Å². The molecule has 0 spiro atoms. The largest absolute Gasteiger partial charge is 0.480 e. The lowest BCUT2D eigenvalue weighted by Gasteiger charge is -2.37. The molecule has 0 aliphatic heterocycles. The second kappa shape index (κ2) is 11.3. The van der Waals surface area contributed by atoms with Crippen molar-refractivity contribution in [2.75, 3.05) is 0 Å². The van der Waals surface area contributed by atoms with Gasteiger partial charge in [0.2, 0.25) is 0 Å². The predicted octanol–water partition coefficient (Wildman–Crippen LogP) is 3.80. The van der Waals surface area contributed by atoms with Crippen molar-refractivity contribution in [2.24, 2.45) is 10.8 Å². The molecule has 5 heteroatoms. The first-order valence-electron chi connectivity index (χ1n) is 8.17. The molecule has 0 atom stereocenters. The van der Waals surface area contributed by atoms with E-state index in [2.05, 4.69) is 6.92 Å². The fraction of sp³-hybridized carbons (Fsp3) is 0.882. The Bertz CT molecular complexity index is 320. The zero-order chi connectivity index (χ0) is 16.5. The maximum Gasteiger partial charge on any atom is 0.321 e. The van der Waals surface area contributed by atoms with Gasteiger partial charge in [-0.25, -0.2) is 0 Å². The molecular formula is C17H34MgO4. The molecule has 0 aromatic carbocycles. The number of aliphatic carboxylic acids is 2. The molecule has 0 heterocycles. The third kappa shape index (κ3) is 6.86. The van der Waals surface area contributed by atoms with E-state index in [-0.39, 0.29) is 29.5 Å². The van der Waals surface area contributed by atoms with Gasteiger partial charge < -0.3 is 10.2 Å². The maximum atomic E-state index is 11.6. The summed E-state index contributed by atoms with van der Waals surface area (Å²) in [5.41, 5.74) is -2.49. The van der Waals surface area contributed by atoms with Gasteiger partial charge in [0.25, 0.3) is 0 Å². The lowest BCUT2D eigenvalue weighted by Crippen LogP contribution is -2.49. The van der Waals surface area contributed by atoms with E-state index in [1.165, 1.54) is 25.7 Å². The average Bonchev–Trinajstić information content (AvgIpc) is 2.34. The molecule has 0 aliphatic rings. The number of hydrogen-bond donors (Lipinski definition) is 2. The van der Waals surface area contributed by atoms with Crippen LogP contribution in [-0.4, -0.2) is 45.2 Å². The van der Waals surface area contributed by atoms with Crippen LogP contribution in [-0.2, 0) is 9.59 Å². The number of hydrogen-bond acceptors (Lipinski definition) is 2. The van der Waals surface area contributed by atoms with Gasteiger partial charge in [0.1, 0.15) is 0 Å².